The van der Waals surface area contributed by atoms with Crippen molar-refractivity contribution < 1.29 is 23.9 Å². The Morgan fingerprint density at radius 3 is 2.36 bits per heavy atom. The highest BCUT2D eigenvalue weighted by Crippen LogP contribution is 2.77. The largest absolute Gasteiger partial charge is 0.355 e. The minimum absolute atomic E-state index is 0.123. The van der Waals surface area contributed by atoms with Gasteiger partial charge in [0.05, 0.1) is 11.0 Å². The van der Waals surface area contributed by atoms with Crippen LogP contribution in [0.5, 0.6) is 0 Å². The highest BCUT2D eigenvalue weighted by atomic mass is 16.7. The Morgan fingerprint density at radius 1 is 0.964 bits per heavy atom. The molecule has 0 aromatic heterocycles. The zero-order valence-electron chi connectivity index (χ0n) is 17.7. The minimum Gasteiger partial charge on any atom is -0.355 e. The summed E-state index contributed by atoms with van der Waals surface area (Å²) in [6.07, 6.45) is 3.93. The Balaban J connectivity index is 1.74. The number of ether oxygens (including phenoxy) is 2. The molecule has 1 saturated heterocycles. The second kappa shape index (κ2) is 5.15. The van der Waals surface area contributed by atoms with Crippen molar-refractivity contribution in [1.82, 2.24) is 0 Å². The molecule has 0 radical (unpaired) electrons. The number of methoxy groups -OCH3 is 1. The van der Waals surface area contributed by atoms with Crippen LogP contribution in [0.1, 0.15) is 72.6 Å². The summed E-state index contributed by atoms with van der Waals surface area (Å²) in [5.41, 5.74) is -2.71. The van der Waals surface area contributed by atoms with Gasteiger partial charge in [-0.2, -0.15) is 0 Å². The van der Waals surface area contributed by atoms with Crippen LogP contribution in [0.25, 0.3) is 0 Å². The summed E-state index contributed by atoms with van der Waals surface area (Å²) in [6.45, 7) is 8.15. The highest BCUT2D eigenvalue weighted by Gasteiger charge is 2.82. The second-order valence-electron chi connectivity index (χ2n) is 11.1. The van der Waals surface area contributed by atoms with E-state index in [-0.39, 0.29) is 35.2 Å². The topological polar surface area (TPSA) is 69.7 Å². The summed E-state index contributed by atoms with van der Waals surface area (Å²) in [6, 6.07) is 0. The van der Waals surface area contributed by atoms with Gasteiger partial charge in [0.25, 0.3) is 0 Å². The van der Waals surface area contributed by atoms with Crippen LogP contribution in [0.2, 0.25) is 0 Å². The molecule has 0 unspecified atom stereocenters. The predicted molar refractivity (Wildman–Crippen MR) is 101 cm³/mol. The van der Waals surface area contributed by atoms with Gasteiger partial charge in [-0.05, 0) is 31.1 Å². The number of carbonyl (C=O) groups excluding carboxylic acids is 3. The van der Waals surface area contributed by atoms with E-state index in [1.54, 1.807) is 7.11 Å². The monoisotopic (exact) mass is 388 g/mol. The van der Waals surface area contributed by atoms with Crippen molar-refractivity contribution >= 4 is 17.3 Å². The van der Waals surface area contributed by atoms with Gasteiger partial charge in [-0.1, -0.05) is 27.7 Å². The molecule has 1 aliphatic heterocycles. The first-order valence-electron chi connectivity index (χ1n) is 10.8. The molecule has 0 amide bonds. The molecular formula is C23H32O5. The standard InChI is InChI=1S/C23H32O5/c1-19(2)15(25)7-6-14-22-11-10-20(3)16(26)8-9-21(20,4)17(22)13(24)12-23(14,19)28-18(22)27-5/h14,17-18H,6-12H2,1-5H3/t14-,17-,18+,20+,21-,22+,23+/m0/s1. The molecule has 1 spiro atoms. The summed E-state index contributed by atoms with van der Waals surface area (Å²) in [7, 11) is 1.66. The smallest absolute Gasteiger partial charge is 0.164 e. The molecule has 0 aromatic rings. The van der Waals surface area contributed by atoms with Crippen LogP contribution in [-0.2, 0) is 23.9 Å². The summed E-state index contributed by atoms with van der Waals surface area (Å²) in [5, 5.41) is 0. The quantitative estimate of drug-likeness (QED) is 0.688. The van der Waals surface area contributed by atoms with Gasteiger partial charge in [-0.25, -0.2) is 0 Å². The molecule has 7 atom stereocenters. The number of hydrogen-bond acceptors (Lipinski definition) is 5. The lowest BCUT2D eigenvalue weighted by molar-refractivity contribution is -0.219. The number of hydrogen-bond donors (Lipinski definition) is 0. The fourth-order valence-corrected chi connectivity index (χ4v) is 8.52. The van der Waals surface area contributed by atoms with Gasteiger partial charge in [0.2, 0.25) is 0 Å². The molecule has 28 heavy (non-hydrogen) atoms. The second-order valence-corrected chi connectivity index (χ2v) is 11.1. The lowest BCUT2D eigenvalue weighted by atomic mass is 9.37. The van der Waals surface area contributed by atoms with E-state index in [1.165, 1.54) is 0 Å². The maximum absolute atomic E-state index is 13.8. The van der Waals surface area contributed by atoms with E-state index in [2.05, 4.69) is 13.8 Å². The molecule has 5 rings (SSSR count). The van der Waals surface area contributed by atoms with Gasteiger partial charge in [0, 0.05) is 49.0 Å². The lowest BCUT2D eigenvalue weighted by Gasteiger charge is -2.64. The van der Waals surface area contributed by atoms with Gasteiger partial charge in [-0.3, -0.25) is 14.4 Å². The van der Waals surface area contributed by atoms with Crippen molar-refractivity contribution in [2.75, 3.05) is 7.11 Å². The van der Waals surface area contributed by atoms with E-state index in [9.17, 15) is 14.4 Å². The van der Waals surface area contributed by atoms with E-state index < -0.39 is 28.1 Å². The number of ketones is 3. The van der Waals surface area contributed by atoms with E-state index in [1.807, 2.05) is 13.8 Å². The predicted octanol–water partition coefficient (Wildman–Crippen LogP) is 3.48. The zero-order valence-corrected chi connectivity index (χ0v) is 17.7. The van der Waals surface area contributed by atoms with Crippen LogP contribution >= 0.6 is 0 Å². The van der Waals surface area contributed by atoms with Crippen molar-refractivity contribution in [3.63, 3.8) is 0 Å². The molecule has 5 nitrogen and oxygen atoms in total. The molecule has 2 bridgehead atoms. The van der Waals surface area contributed by atoms with Crippen LogP contribution in [0.15, 0.2) is 0 Å². The SMILES string of the molecule is CO[C@@H]1O[C@]23CC(=O)[C@@H]4[C@@]1(CC[C@]1(C)C(=O)CC[C@@]41C)[C@@H]2CCC(=O)C3(C)C. The fraction of sp³-hybridized carbons (Fsp3) is 0.870. The Hall–Kier alpha value is -1.07. The molecule has 0 aromatic carbocycles. The molecule has 4 saturated carbocycles. The third-order valence-electron chi connectivity index (χ3n) is 10.3. The van der Waals surface area contributed by atoms with Crippen molar-refractivity contribution in [3.8, 4) is 0 Å². The van der Waals surface area contributed by atoms with E-state index in [0.29, 0.717) is 18.6 Å². The lowest BCUT2D eigenvalue weighted by Crippen LogP contribution is -2.69. The van der Waals surface area contributed by atoms with E-state index in [0.717, 1.165) is 25.7 Å². The van der Waals surface area contributed by atoms with Crippen LogP contribution in [0.4, 0.5) is 0 Å². The number of carbonyl (C=O) groups is 3. The normalized spacial score (nSPS) is 54.3. The number of Topliss-reactive ketones (excluding diaryl/α,β-unsaturated/α-hetero) is 3. The molecule has 5 fully saturated rings. The van der Waals surface area contributed by atoms with Gasteiger partial charge in [0.15, 0.2) is 6.29 Å². The average molecular weight is 389 g/mol. The Kier molecular flexibility index (Phi) is 3.48. The Bertz CT molecular complexity index is 801. The molecule has 0 N–H and O–H groups in total. The van der Waals surface area contributed by atoms with Gasteiger partial charge in [0.1, 0.15) is 17.3 Å². The van der Waals surface area contributed by atoms with Crippen LogP contribution in [0.3, 0.4) is 0 Å². The maximum atomic E-state index is 13.8. The van der Waals surface area contributed by atoms with E-state index >= 15 is 0 Å². The number of rotatable bonds is 1. The summed E-state index contributed by atoms with van der Waals surface area (Å²) in [5.74, 6) is 0.560. The maximum Gasteiger partial charge on any atom is 0.164 e. The highest BCUT2D eigenvalue weighted by molar-refractivity contribution is 5.94. The first kappa shape index (κ1) is 18.9. The van der Waals surface area contributed by atoms with Gasteiger partial charge >= 0.3 is 0 Å². The molecule has 154 valence electrons. The Morgan fingerprint density at radius 2 is 1.68 bits per heavy atom. The fourth-order valence-electron chi connectivity index (χ4n) is 8.52. The zero-order chi connectivity index (χ0) is 20.3. The molecule has 1 heterocycles. The first-order chi connectivity index (χ1) is 13.0. The van der Waals surface area contributed by atoms with Crippen molar-refractivity contribution in [2.24, 2.45) is 33.5 Å². The Labute approximate surface area is 166 Å². The summed E-state index contributed by atoms with van der Waals surface area (Å²) < 4.78 is 12.6. The first-order valence-corrected chi connectivity index (χ1v) is 10.8. The van der Waals surface area contributed by atoms with Gasteiger partial charge < -0.3 is 9.47 Å². The summed E-state index contributed by atoms with van der Waals surface area (Å²) in [4.78, 5) is 39.6. The third-order valence-corrected chi connectivity index (χ3v) is 10.3. The molecule has 4 aliphatic carbocycles. The molecule has 5 heteroatoms. The summed E-state index contributed by atoms with van der Waals surface area (Å²) >= 11 is 0. The van der Waals surface area contributed by atoms with Crippen molar-refractivity contribution in [1.29, 1.82) is 0 Å². The van der Waals surface area contributed by atoms with Gasteiger partial charge in [-0.15, -0.1) is 0 Å². The number of fused-ring (bicyclic) bond motifs is 2. The van der Waals surface area contributed by atoms with Crippen molar-refractivity contribution in [3.05, 3.63) is 0 Å². The van der Waals surface area contributed by atoms with Crippen molar-refractivity contribution in [2.45, 2.75) is 84.5 Å². The minimum atomic E-state index is -0.774. The van der Waals surface area contributed by atoms with Crippen LogP contribution < -0.4 is 0 Å². The molecular weight excluding hydrogens is 356 g/mol. The van der Waals surface area contributed by atoms with Crippen LogP contribution in [0, 0.1) is 33.5 Å². The third kappa shape index (κ3) is 1.65. The van der Waals surface area contributed by atoms with Crippen LogP contribution in [-0.4, -0.2) is 36.4 Å². The molecule has 5 aliphatic rings. The van der Waals surface area contributed by atoms with E-state index in [4.69, 9.17) is 9.47 Å². The average Bonchev–Trinajstić information content (AvgIpc) is 2.99.